The second-order valence-corrected chi connectivity index (χ2v) is 10.3. The van der Waals surface area contributed by atoms with Crippen LogP contribution >= 0.6 is 23.5 Å². The molecule has 2 rings (SSSR count). The fourth-order valence-corrected chi connectivity index (χ4v) is 5.47. The zero-order chi connectivity index (χ0) is 23.6. The summed E-state index contributed by atoms with van der Waals surface area (Å²) in [5, 5.41) is 10.1. The molecular weight excluding hydrogens is 491 g/mol. The van der Waals surface area contributed by atoms with Crippen LogP contribution in [0.2, 0.25) is 0 Å². The maximum Gasteiger partial charge on any atom is 0.490 e. The van der Waals surface area contributed by atoms with Crippen molar-refractivity contribution in [2.45, 2.75) is 24.9 Å². The highest BCUT2D eigenvalue weighted by molar-refractivity contribution is 7.66. The molecule has 1 aromatic rings. The van der Waals surface area contributed by atoms with Gasteiger partial charge >= 0.3 is 29.2 Å². The number of aromatic nitrogens is 2. The summed E-state index contributed by atoms with van der Waals surface area (Å²) < 4.78 is 51.4. The number of aromatic amines is 1. The van der Waals surface area contributed by atoms with E-state index in [1.165, 1.54) is 6.08 Å². The summed E-state index contributed by atoms with van der Waals surface area (Å²) in [6.07, 6.45) is -0.706. The molecule has 8 N–H and O–H groups in total. The van der Waals surface area contributed by atoms with E-state index >= 15 is 0 Å². The summed E-state index contributed by atoms with van der Waals surface area (Å²) in [6, 6.07) is 0. The quantitative estimate of drug-likeness (QED) is 0.186. The molecule has 0 amide bonds. The number of hydrogen-bond donors (Lipinski definition) is 7. The summed E-state index contributed by atoms with van der Waals surface area (Å²) in [5.74, 6) is 0. The largest absolute Gasteiger partial charge is 0.490 e. The van der Waals surface area contributed by atoms with Crippen LogP contribution < -0.4 is 17.0 Å². The van der Waals surface area contributed by atoms with E-state index in [2.05, 4.69) is 13.1 Å². The van der Waals surface area contributed by atoms with Crippen LogP contribution in [-0.2, 0) is 31.6 Å². The number of phosphoric ester groups is 1. The van der Waals surface area contributed by atoms with Crippen molar-refractivity contribution in [1.29, 1.82) is 0 Å². The summed E-state index contributed by atoms with van der Waals surface area (Å²) >= 11 is 0. The van der Waals surface area contributed by atoms with Gasteiger partial charge in [0, 0.05) is 12.6 Å². The van der Waals surface area contributed by atoms with Gasteiger partial charge in [0.25, 0.3) is 5.56 Å². The fraction of sp³-hybridized carbons (Fsp3) is 0.455. The topological polar surface area (TPSA) is 270 Å². The van der Waals surface area contributed by atoms with E-state index in [-0.39, 0.29) is 12.0 Å². The highest BCUT2D eigenvalue weighted by atomic mass is 31.3. The van der Waals surface area contributed by atoms with Crippen molar-refractivity contribution < 1.29 is 56.3 Å². The number of hydrogen-bond acceptors (Lipinski definition) is 11. The Hall–Kier alpha value is -1.45. The number of aliphatic hydroxyl groups is 1. The van der Waals surface area contributed by atoms with Crippen molar-refractivity contribution in [3.63, 3.8) is 0 Å². The first-order chi connectivity index (χ1) is 14.1. The number of aliphatic hydroxyl groups excluding tert-OH is 1. The Morgan fingerprint density at radius 3 is 2.42 bits per heavy atom. The van der Waals surface area contributed by atoms with Crippen molar-refractivity contribution >= 4 is 29.5 Å². The van der Waals surface area contributed by atoms with Gasteiger partial charge in [-0.25, -0.2) is 18.5 Å². The standard InChI is InChI=1S/C11H18N3O14P3/c12-2-1-6-4-14(11(17)13-10(6)16)9-3-7(15)8(26-9)5-25-30(21,22)28-31(23,24)27-29(18,19)20/h1-2,4,7-9,15H,3,5,12H2,(H,21,22)(H,23,24)(H,13,16,17)(H2,18,19,20)/b2-1+/t7-,8+,9+/m0/s1. The van der Waals surface area contributed by atoms with E-state index in [4.69, 9.17) is 25.2 Å². The van der Waals surface area contributed by atoms with Crippen LogP contribution in [-0.4, -0.2) is 53.0 Å². The van der Waals surface area contributed by atoms with E-state index in [9.17, 15) is 33.3 Å². The third-order valence-electron chi connectivity index (χ3n) is 3.60. The minimum atomic E-state index is -5.70. The number of nitrogens with one attached hydrogen (secondary N) is 1. The van der Waals surface area contributed by atoms with E-state index in [0.29, 0.717) is 0 Å². The van der Waals surface area contributed by atoms with Gasteiger partial charge in [-0.2, -0.15) is 8.62 Å². The van der Waals surface area contributed by atoms with Crippen molar-refractivity contribution in [3.8, 4) is 0 Å². The van der Waals surface area contributed by atoms with Crippen LogP contribution in [0.1, 0.15) is 18.2 Å². The first-order valence-electron chi connectivity index (χ1n) is 7.98. The molecule has 1 aromatic heterocycles. The Labute approximate surface area is 172 Å². The normalized spacial score (nSPS) is 26.0. The second kappa shape index (κ2) is 9.58. The van der Waals surface area contributed by atoms with Crippen molar-refractivity contribution in [2.24, 2.45) is 5.73 Å². The van der Waals surface area contributed by atoms with E-state index in [1.54, 1.807) is 0 Å². The number of H-pyrrole nitrogens is 1. The number of rotatable bonds is 9. The minimum absolute atomic E-state index is 0.00287. The molecule has 176 valence electrons. The van der Waals surface area contributed by atoms with Gasteiger partial charge in [-0.1, -0.05) is 0 Å². The monoisotopic (exact) mass is 509 g/mol. The average Bonchev–Trinajstić information content (AvgIpc) is 2.93. The molecular formula is C11H18N3O14P3. The van der Waals surface area contributed by atoms with Gasteiger partial charge < -0.3 is 35.2 Å². The van der Waals surface area contributed by atoms with Gasteiger partial charge in [0.05, 0.1) is 18.3 Å². The predicted octanol–water partition coefficient (Wildman–Crippen LogP) is -1.54. The molecule has 0 saturated carbocycles. The lowest BCUT2D eigenvalue weighted by molar-refractivity contribution is -0.0450. The molecule has 0 radical (unpaired) electrons. The minimum Gasteiger partial charge on any atom is -0.405 e. The molecule has 1 fully saturated rings. The maximum atomic E-state index is 12.0. The summed E-state index contributed by atoms with van der Waals surface area (Å²) in [7, 11) is -16.7. The number of phosphoric acid groups is 3. The van der Waals surface area contributed by atoms with Crippen molar-refractivity contribution in [3.05, 3.63) is 38.8 Å². The SMILES string of the molecule is N/C=C/c1cn([C@H]2C[C@H](O)[C@@H](COP(=O)(O)OP(=O)(O)OP(=O)(O)O)O2)c(=O)[nH]c1=O. The van der Waals surface area contributed by atoms with Crippen LogP contribution in [0.4, 0.5) is 0 Å². The van der Waals surface area contributed by atoms with E-state index < -0.39 is 59.8 Å². The molecule has 31 heavy (non-hydrogen) atoms. The molecule has 20 heteroatoms. The second-order valence-electron chi connectivity index (χ2n) is 5.93. The zero-order valence-corrected chi connectivity index (χ0v) is 17.8. The predicted molar refractivity (Wildman–Crippen MR) is 98.9 cm³/mol. The lowest BCUT2D eigenvalue weighted by atomic mass is 10.2. The number of nitrogens with zero attached hydrogens (tertiary/aromatic N) is 1. The Balaban J connectivity index is 2.07. The van der Waals surface area contributed by atoms with Crippen LogP contribution in [0.5, 0.6) is 0 Å². The molecule has 5 atom stereocenters. The molecule has 2 heterocycles. The molecule has 0 aliphatic carbocycles. The Kier molecular flexibility index (Phi) is 7.98. The highest BCUT2D eigenvalue weighted by Gasteiger charge is 2.42. The molecule has 1 saturated heterocycles. The molecule has 0 spiro atoms. The van der Waals surface area contributed by atoms with E-state index in [1.807, 2.05) is 4.98 Å². The molecule has 1 aliphatic rings. The van der Waals surface area contributed by atoms with Gasteiger partial charge in [0.2, 0.25) is 0 Å². The zero-order valence-electron chi connectivity index (χ0n) is 15.2. The Bertz CT molecular complexity index is 1090. The van der Waals surface area contributed by atoms with Gasteiger partial charge in [0.1, 0.15) is 12.3 Å². The molecule has 2 unspecified atom stereocenters. The Morgan fingerprint density at radius 1 is 1.19 bits per heavy atom. The van der Waals surface area contributed by atoms with Crippen LogP contribution in [0.25, 0.3) is 6.08 Å². The number of ether oxygens (including phenoxy) is 1. The molecule has 0 aromatic carbocycles. The number of nitrogens with two attached hydrogens (primary N) is 1. The average molecular weight is 509 g/mol. The Morgan fingerprint density at radius 2 is 1.84 bits per heavy atom. The summed E-state index contributed by atoms with van der Waals surface area (Å²) in [5.41, 5.74) is 3.59. The maximum absolute atomic E-state index is 12.0. The molecule has 17 nitrogen and oxygen atoms in total. The van der Waals surface area contributed by atoms with Gasteiger partial charge in [-0.15, -0.1) is 0 Å². The van der Waals surface area contributed by atoms with Gasteiger partial charge in [-0.3, -0.25) is 18.9 Å². The smallest absolute Gasteiger partial charge is 0.405 e. The molecule has 0 bridgehead atoms. The van der Waals surface area contributed by atoms with E-state index in [0.717, 1.165) is 17.0 Å². The van der Waals surface area contributed by atoms with Crippen molar-refractivity contribution in [1.82, 2.24) is 9.55 Å². The van der Waals surface area contributed by atoms with Crippen LogP contribution in [0.3, 0.4) is 0 Å². The molecule has 1 aliphatic heterocycles. The van der Waals surface area contributed by atoms with Gasteiger partial charge in [-0.05, 0) is 12.3 Å². The third kappa shape index (κ3) is 7.57. The summed E-state index contributed by atoms with van der Waals surface area (Å²) in [6.45, 7) is -0.908. The summed E-state index contributed by atoms with van der Waals surface area (Å²) in [4.78, 5) is 61.2. The van der Waals surface area contributed by atoms with Crippen molar-refractivity contribution in [2.75, 3.05) is 6.61 Å². The highest BCUT2D eigenvalue weighted by Crippen LogP contribution is 2.66. The van der Waals surface area contributed by atoms with Gasteiger partial charge in [0.15, 0.2) is 0 Å². The lowest BCUT2D eigenvalue weighted by Gasteiger charge is -2.19. The first-order valence-corrected chi connectivity index (χ1v) is 12.5. The third-order valence-corrected chi connectivity index (χ3v) is 7.41. The lowest BCUT2D eigenvalue weighted by Crippen LogP contribution is -2.33. The van der Waals surface area contributed by atoms with Crippen LogP contribution in [0, 0.1) is 0 Å². The first kappa shape index (κ1) is 25.8. The fourth-order valence-electron chi connectivity index (χ4n) is 2.44. The van der Waals surface area contributed by atoms with Crippen LogP contribution in [0.15, 0.2) is 22.0 Å².